The Kier molecular flexibility index (Phi) is 4.58. The molecular formula is C10H9F4NO4S. The summed E-state index contributed by atoms with van der Waals surface area (Å²) in [4.78, 5) is 10.2. The number of sulfonamides is 1. The van der Waals surface area contributed by atoms with Gasteiger partial charge in [0.25, 0.3) is 0 Å². The summed E-state index contributed by atoms with van der Waals surface area (Å²) in [6.07, 6.45) is -5.67. The second kappa shape index (κ2) is 5.65. The van der Waals surface area contributed by atoms with Crippen molar-refractivity contribution in [1.29, 1.82) is 0 Å². The molecule has 0 aromatic heterocycles. The Morgan fingerprint density at radius 2 is 1.90 bits per heavy atom. The molecule has 0 unspecified atom stereocenters. The van der Waals surface area contributed by atoms with Gasteiger partial charge < -0.3 is 5.11 Å². The first-order valence-corrected chi connectivity index (χ1v) is 6.75. The topological polar surface area (TPSA) is 83.5 Å². The number of aliphatic carboxylic acids is 1. The lowest BCUT2D eigenvalue weighted by Gasteiger charge is -2.11. The summed E-state index contributed by atoms with van der Waals surface area (Å²) in [7, 11) is -4.13. The largest absolute Gasteiger partial charge is 0.481 e. The summed E-state index contributed by atoms with van der Waals surface area (Å²) in [5.41, 5.74) is -2.11. The molecule has 112 valence electrons. The molecule has 5 nitrogen and oxygen atoms in total. The van der Waals surface area contributed by atoms with Crippen molar-refractivity contribution in [3.8, 4) is 0 Å². The van der Waals surface area contributed by atoms with Gasteiger partial charge in [0.15, 0.2) is 0 Å². The SMILES string of the molecule is O=C(O)CCS(=O)(=O)Nc1ccc(F)c(C(F)(F)F)c1. The molecule has 0 spiro atoms. The minimum absolute atomic E-state index is 0.299. The molecule has 0 saturated heterocycles. The molecule has 0 fully saturated rings. The van der Waals surface area contributed by atoms with E-state index in [-0.39, 0.29) is 0 Å². The van der Waals surface area contributed by atoms with E-state index in [0.29, 0.717) is 12.1 Å². The van der Waals surface area contributed by atoms with Gasteiger partial charge in [0, 0.05) is 5.69 Å². The molecule has 20 heavy (non-hydrogen) atoms. The van der Waals surface area contributed by atoms with Gasteiger partial charge in [-0.15, -0.1) is 0 Å². The van der Waals surface area contributed by atoms with E-state index in [1.54, 1.807) is 4.72 Å². The van der Waals surface area contributed by atoms with Gasteiger partial charge in [0.1, 0.15) is 5.82 Å². The van der Waals surface area contributed by atoms with Gasteiger partial charge in [-0.2, -0.15) is 13.2 Å². The lowest BCUT2D eigenvalue weighted by atomic mass is 10.2. The number of hydrogen-bond acceptors (Lipinski definition) is 3. The van der Waals surface area contributed by atoms with Gasteiger partial charge in [-0.25, -0.2) is 12.8 Å². The first-order chi connectivity index (χ1) is 9.01. The first-order valence-electron chi connectivity index (χ1n) is 5.10. The van der Waals surface area contributed by atoms with E-state index in [1.165, 1.54) is 0 Å². The van der Waals surface area contributed by atoms with Crippen LogP contribution in [0.2, 0.25) is 0 Å². The summed E-state index contributed by atoms with van der Waals surface area (Å²) in [5.74, 6) is -3.71. The molecule has 2 N–H and O–H groups in total. The predicted molar refractivity (Wildman–Crippen MR) is 61.1 cm³/mol. The number of rotatable bonds is 5. The van der Waals surface area contributed by atoms with Crippen molar-refractivity contribution >= 4 is 21.7 Å². The summed E-state index contributed by atoms with van der Waals surface area (Å²) in [6.45, 7) is 0. The van der Waals surface area contributed by atoms with Crippen LogP contribution in [0.1, 0.15) is 12.0 Å². The Bertz CT molecular complexity index is 612. The molecule has 10 heteroatoms. The number of benzene rings is 1. The molecule has 0 aliphatic rings. The quantitative estimate of drug-likeness (QED) is 0.815. The molecule has 1 aromatic rings. The van der Waals surface area contributed by atoms with E-state index >= 15 is 0 Å². The fourth-order valence-electron chi connectivity index (χ4n) is 1.26. The normalized spacial score (nSPS) is 12.2. The third-order valence-electron chi connectivity index (χ3n) is 2.13. The molecule has 1 rings (SSSR count). The molecule has 1 aromatic carbocycles. The summed E-state index contributed by atoms with van der Waals surface area (Å²) >= 11 is 0. The van der Waals surface area contributed by atoms with E-state index in [9.17, 15) is 30.8 Å². The van der Waals surface area contributed by atoms with E-state index in [4.69, 9.17) is 5.11 Å². The average molecular weight is 315 g/mol. The third-order valence-corrected chi connectivity index (χ3v) is 3.42. The highest BCUT2D eigenvalue weighted by Gasteiger charge is 2.34. The van der Waals surface area contributed by atoms with Gasteiger partial charge in [-0.1, -0.05) is 0 Å². The minimum atomic E-state index is -4.97. The lowest BCUT2D eigenvalue weighted by Crippen LogP contribution is -2.19. The average Bonchev–Trinajstić information content (AvgIpc) is 2.27. The number of halogens is 4. The van der Waals surface area contributed by atoms with Crippen LogP contribution in [0, 0.1) is 5.82 Å². The molecule has 0 radical (unpaired) electrons. The lowest BCUT2D eigenvalue weighted by molar-refractivity contribution is -0.140. The van der Waals surface area contributed by atoms with Crippen LogP contribution in [-0.4, -0.2) is 25.2 Å². The Labute approximate surface area is 111 Å². The first kappa shape index (κ1) is 16.2. The van der Waals surface area contributed by atoms with Crippen molar-refractivity contribution in [2.75, 3.05) is 10.5 Å². The number of alkyl halides is 3. The molecular weight excluding hydrogens is 306 g/mol. The smallest absolute Gasteiger partial charge is 0.419 e. The third kappa shape index (κ3) is 4.68. The highest BCUT2D eigenvalue weighted by molar-refractivity contribution is 7.92. The maximum Gasteiger partial charge on any atom is 0.419 e. The van der Waals surface area contributed by atoms with Crippen LogP contribution < -0.4 is 4.72 Å². The molecule has 0 aliphatic carbocycles. The maximum atomic E-state index is 13.0. The van der Waals surface area contributed by atoms with Crippen LogP contribution in [0.3, 0.4) is 0 Å². The van der Waals surface area contributed by atoms with Crippen molar-refractivity contribution in [3.05, 3.63) is 29.6 Å². The Morgan fingerprint density at radius 3 is 2.40 bits per heavy atom. The van der Waals surface area contributed by atoms with E-state index in [2.05, 4.69) is 0 Å². The van der Waals surface area contributed by atoms with Crippen molar-refractivity contribution in [3.63, 3.8) is 0 Å². The minimum Gasteiger partial charge on any atom is -0.481 e. The number of nitrogens with one attached hydrogen (secondary N) is 1. The monoisotopic (exact) mass is 315 g/mol. The zero-order valence-electron chi connectivity index (χ0n) is 9.74. The number of carboxylic acid groups (broad SMARTS) is 1. The molecule has 0 atom stereocenters. The highest BCUT2D eigenvalue weighted by Crippen LogP contribution is 2.33. The standard InChI is InChI=1S/C10H9F4NO4S/c11-8-2-1-6(5-7(8)10(12,13)14)15-20(18,19)4-3-9(16)17/h1-2,5,15H,3-4H2,(H,16,17). The second-order valence-electron chi connectivity index (χ2n) is 3.76. The van der Waals surface area contributed by atoms with Crippen LogP contribution in [0.25, 0.3) is 0 Å². The van der Waals surface area contributed by atoms with Crippen LogP contribution in [0.4, 0.5) is 23.2 Å². The van der Waals surface area contributed by atoms with E-state index in [0.717, 1.165) is 6.07 Å². The van der Waals surface area contributed by atoms with Crippen LogP contribution in [0.15, 0.2) is 18.2 Å². The predicted octanol–water partition coefficient (Wildman–Crippen LogP) is 2.06. The van der Waals surface area contributed by atoms with Gasteiger partial charge >= 0.3 is 12.1 Å². The van der Waals surface area contributed by atoms with E-state index < -0.39 is 51.4 Å². The zero-order valence-corrected chi connectivity index (χ0v) is 10.6. The van der Waals surface area contributed by atoms with Gasteiger partial charge in [-0.3, -0.25) is 9.52 Å². The number of hydrogen-bond donors (Lipinski definition) is 2. The van der Waals surface area contributed by atoms with Crippen LogP contribution >= 0.6 is 0 Å². The molecule has 0 heterocycles. The van der Waals surface area contributed by atoms with Crippen LogP contribution in [-0.2, 0) is 21.0 Å². The fraction of sp³-hybridized carbons (Fsp3) is 0.300. The second-order valence-corrected chi connectivity index (χ2v) is 5.60. The van der Waals surface area contributed by atoms with Crippen molar-refractivity contribution in [1.82, 2.24) is 0 Å². The zero-order chi connectivity index (χ0) is 15.6. The van der Waals surface area contributed by atoms with Crippen molar-refractivity contribution in [2.24, 2.45) is 0 Å². The number of carbonyl (C=O) groups is 1. The van der Waals surface area contributed by atoms with Crippen molar-refractivity contribution < 1.29 is 35.9 Å². The van der Waals surface area contributed by atoms with E-state index in [1.807, 2.05) is 0 Å². The molecule has 0 saturated carbocycles. The van der Waals surface area contributed by atoms with Crippen LogP contribution in [0.5, 0.6) is 0 Å². The Hall–Kier alpha value is -1.84. The summed E-state index contributed by atoms with van der Waals surface area (Å²) < 4.78 is 74.8. The summed E-state index contributed by atoms with van der Waals surface area (Å²) in [5, 5.41) is 8.34. The summed E-state index contributed by atoms with van der Waals surface area (Å²) in [6, 6.07) is 1.58. The Balaban J connectivity index is 2.97. The van der Waals surface area contributed by atoms with Gasteiger partial charge in [0.2, 0.25) is 10.0 Å². The molecule has 0 aliphatic heterocycles. The molecule has 0 bridgehead atoms. The van der Waals surface area contributed by atoms with Gasteiger partial charge in [-0.05, 0) is 18.2 Å². The van der Waals surface area contributed by atoms with Crippen molar-refractivity contribution in [2.45, 2.75) is 12.6 Å². The Morgan fingerprint density at radius 1 is 1.30 bits per heavy atom. The molecule has 0 amide bonds. The number of carboxylic acids is 1. The fourth-order valence-corrected chi connectivity index (χ4v) is 2.29. The number of anilines is 1. The maximum absolute atomic E-state index is 13.0. The van der Waals surface area contributed by atoms with Gasteiger partial charge in [0.05, 0.1) is 17.7 Å². The highest BCUT2D eigenvalue weighted by atomic mass is 32.2.